The molecule has 0 aromatic heterocycles. The number of carbonyl (C=O) groups excluding carboxylic acids is 1. The summed E-state index contributed by atoms with van der Waals surface area (Å²) in [7, 11) is 0. The Balaban J connectivity index is 1.76. The summed E-state index contributed by atoms with van der Waals surface area (Å²) in [6.45, 7) is 7.48. The Morgan fingerprint density at radius 1 is 1.31 bits per heavy atom. The van der Waals surface area contributed by atoms with E-state index in [0.717, 1.165) is 45.5 Å². The fraction of sp³-hybridized carbons (Fsp3) is 0.889. The lowest BCUT2D eigenvalue weighted by Crippen LogP contribution is -2.45. The minimum absolute atomic E-state index is 0.0604. The predicted molar refractivity (Wildman–Crippen MR) is 99.6 cm³/mol. The highest BCUT2D eigenvalue weighted by Crippen LogP contribution is 2.38. The third kappa shape index (κ3) is 6.96. The molecule has 2 aliphatic heterocycles. The molecule has 1 spiro atoms. The van der Waals surface area contributed by atoms with Gasteiger partial charge in [0.2, 0.25) is 0 Å². The number of aliphatic carboxylic acids is 1. The number of hydrogen-bond acceptors (Lipinski definition) is 6. The number of carbonyl (C=O) groups is 2. The van der Waals surface area contributed by atoms with Crippen LogP contribution in [0.15, 0.2) is 0 Å². The van der Waals surface area contributed by atoms with Crippen molar-refractivity contribution in [2.45, 2.75) is 75.4 Å². The van der Waals surface area contributed by atoms with E-state index in [4.69, 9.17) is 14.2 Å². The zero-order valence-corrected chi connectivity index (χ0v) is 16.7. The van der Waals surface area contributed by atoms with Gasteiger partial charge in [-0.25, -0.2) is 9.59 Å². The topological polar surface area (TPSA) is 94.1 Å². The molecule has 7 nitrogen and oxygen atoms in total. The summed E-state index contributed by atoms with van der Waals surface area (Å²) in [4.78, 5) is 23.2. The van der Waals surface area contributed by atoms with Gasteiger partial charge in [-0.3, -0.25) is 0 Å². The van der Waals surface area contributed by atoms with E-state index < -0.39 is 23.7 Å². The van der Waals surface area contributed by atoms with E-state index in [1.54, 1.807) is 32.5 Å². The minimum Gasteiger partial charge on any atom is -0.480 e. The number of thioether (sulfide) groups is 1. The lowest BCUT2D eigenvalue weighted by Gasteiger charge is -2.43. The maximum atomic E-state index is 11.8. The van der Waals surface area contributed by atoms with Gasteiger partial charge >= 0.3 is 12.1 Å². The van der Waals surface area contributed by atoms with E-state index in [1.807, 2.05) is 0 Å². The molecule has 2 atom stereocenters. The highest BCUT2D eigenvalue weighted by molar-refractivity contribution is 7.99. The van der Waals surface area contributed by atoms with Crippen molar-refractivity contribution in [1.29, 1.82) is 0 Å². The first-order valence-electron chi connectivity index (χ1n) is 9.25. The summed E-state index contributed by atoms with van der Waals surface area (Å²) < 4.78 is 16.6. The Bertz CT molecular complexity index is 481. The molecule has 1 amide bonds. The van der Waals surface area contributed by atoms with Crippen molar-refractivity contribution in [2.24, 2.45) is 0 Å². The fourth-order valence-corrected chi connectivity index (χ4v) is 4.67. The molecule has 2 heterocycles. The predicted octanol–water partition coefficient (Wildman–Crippen LogP) is 2.82. The molecule has 150 valence electrons. The van der Waals surface area contributed by atoms with Gasteiger partial charge in [-0.15, -0.1) is 0 Å². The monoisotopic (exact) mass is 389 g/mol. The summed E-state index contributed by atoms with van der Waals surface area (Å²) in [6.07, 6.45) is 3.50. The van der Waals surface area contributed by atoms with Crippen LogP contribution in [-0.4, -0.2) is 65.2 Å². The van der Waals surface area contributed by atoms with E-state index in [0.29, 0.717) is 17.4 Å². The van der Waals surface area contributed by atoms with Crippen molar-refractivity contribution in [2.75, 3.05) is 25.6 Å². The minimum atomic E-state index is -1.04. The molecule has 2 N–H and O–H groups in total. The highest BCUT2D eigenvalue weighted by atomic mass is 32.2. The van der Waals surface area contributed by atoms with Crippen LogP contribution >= 0.6 is 11.8 Å². The summed E-state index contributed by atoms with van der Waals surface area (Å²) in [6, 6.07) is -0.936. The molecule has 0 aromatic carbocycles. The summed E-state index contributed by atoms with van der Waals surface area (Å²) in [5.74, 6) is -0.367. The van der Waals surface area contributed by atoms with Gasteiger partial charge in [-0.05, 0) is 58.6 Å². The van der Waals surface area contributed by atoms with Crippen molar-refractivity contribution in [3.05, 3.63) is 0 Å². The lowest BCUT2D eigenvalue weighted by molar-refractivity contribution is -0.139. The standard InChI is InChI=1S/C18H31NO6S/c1-17(2,3)25-16(22)19-14(15(20)21)5-11-26-13-4-8-24-18(12-13)6-9-23-10-7-18/h13-14H,4-12H2,1-3H3,(H,19,22)(H,20,21). The smallest absolute Gasteiger partial charge is 0.408 e. The van der Waals surface area contributed by atoms with Crippen LogP contribution in [0.3, 0.4) is 0 Å². The van der Waals surface area contributed by atoms with Gasteiger partial charge in [0, 0.05) is 25.1 Å². The lowest BCUT2D eigenvalue weighted by atomic mass is 9.86. The van der Waals surface area contributed by atoms with E-state index in [9.17, 15) is 14.7 Å². The molecule has 0 radical (unpaired) electrons. The number of alkyl carbamates (subject to hydrolysis) is 1. The zero-order chi connectivity index (χ0) is 19.2. The second-order valence-electron chi connectivity index (χ2n) is 7.96. The van der Waals surface area contributed by atoms with E-state index in [-0.39, 0.29) is 5.60 Å². The number of hydrogen-bond donors (Lipinski definition) is 2. The van der Waals surface area contributed by atoms with Gasteiger partial charge in [0.1, 0.15) is 11.6 Å². The second kappa shape index (κ2) is 9.28. The Kier molecular flexibility index (Phi) is 7.61. The molecule has 2 fully saturated rings. The van der Waals surface area contributed by atoms with Crippen LogP contribution in [0, 0.1) is 0 Å². The van der Waals surface area contributed by atoms with Crippen LogP contribution in [-0.2, 0) is 19.0 Å². The molecule has 0 saturated carbocycles. The van der Waals surface area contributed by atoms with Crippen LogP contribution in [0.25, 0.3) is 0 Å². The van der Waals surface area contributed by atoms with Crippen LogP contribution < -0.4 is 5.32 Å². The summed E-state index contributed by atoms with van der Waals surface area (Å²) in [5, 5.41) is 12.3. The Morgan fingerprint density at radius 2 is 2.00 bits per heavy atom. The van der Waals surface area contributed by atoms with E-state index >= 15 is 0 Å². The number of nitrogens with one attached hydrogen (secondary N) is 1. The molecule has 2 unspecified atom stereocenters. The Morgan fingerprint density at radius 3 is 2.62 bits per heavy atom. The first-order valence-corrected chi connectivity index (χ1v) is 10.3. The number of rotatable bonds is 6. The van der Waals surface area contributed by atoms with Crippen LogP contribution in [0.2, 0.25) is 0 Å². The Labute approximate surface area is 159 Å². The number of amides is 1. The number of carboxylic acids is 1. The van der Waals surface area contributed by atoms with Crippen molar-refractivity contribution in [3.63, 3.8) is 0 Å². The van der Waals surface area contributed by atoms with Gasteiger partial charge < -0.3 is 24.6 Å². The van der Waals surface area contributed by atoms with E-state index in [1.165, 1.54) is 0 Å². The third-order valence-electron chi connectivity index (χ3n) is 4.60. The average Bonchev–Trinajstić information content (AvgIpc) is 2.53. The van der Waals surface area contributed by atoms with Crippen molar-refractivity contribution in [1.82, 2.24) is 5.32 Å². The van der Waals surface area contributed by atoms with Gasteiger partial charge in [0.05, 0.1) is 5.60 Å². The molecule has 2 rings (SSSR count). The molecule has 0 aromatic rings. The third-order valence-corrected chi connectivity index (χ3v) is 5.95. The SMILES string of the molecule is CC(C)(C)OC(=O)NC(CCSC1CCOC2(CCOCC2)C1)C(=O)O. The molecule has 26 heavy (non-hydrogen) atoms. The molecular weight excluding hydrogens is 358 g/mol. The van der Waals surface area contributed by atoms with Crippen LogP contribution in [0.5, 0.6) is 0 Å². The normalized spacial score (nSPS) is 24.0. The molecule has 2 aliphatic rings. The van der Waals surface area contributed by atoms with Crippen LogP contribution in [0.4, 0.5) is 4.79 Å². The van der Waals surface area contributed by atoms with Crippen molar-refractivity contribution < 1.29 is 28.9 Å². The molecule has 0 aliphatic carbocycles. The van der Waals surface area contributed by atoms with Crippen molar-refractivity contribution in [3.8, 4) is 0 Å². The molecule has 2 saturated heterocycles. The Hall–Kier alpha value is -0.990. The number of carboxylic acid groups (broad SMARTS) is 1. The van der Waals surface area contributed by atoms with Gasteiger partial charge in [0.25, 0.3) is 0 Å². The molecule has 0 bridgehead atoms. The van der Waals surface area contributed by atoms with Gasteiger partial charge in [0.15, 0.2) is 0 Å². The number of ether oxygens (including phenoxy) is 3. The molecular formula is C18H31NO6S. The van der Waals surface area contributed by atoms with Crippen molar-refractivity contribution >= 4 is 23.8 Å². The first kappa shape index (κ1) is 21.3. The fourth-order valence-electron chi connectivity index (χ4n) is 3.28. The summed E-state index contributed by atoms with van der Waals surface area (Å²) in [5.41, 5.74) is -0.711. The first-order chi connectivity index (χ1) is 12.2. The quantitative estimate of drug-likeness (QED) is 0.721. The van der Waals surface area contributed by atoms with Crippen LogP contribution in [0.1, 0.15) is 52.9 Å². The average molecular weight is 390 g/mol. The summed E-state index contributed by atoms with van der Waals surface area (Å²) >= 11 is 1.77. The van der Waals surface area contributed by atoms with Gasteiger partial charge in [-0.2, -0.15) is 11.8 Å². The largest absolute Gasteiger partial charge is 0.480 e. The highest BCUT2D eigenvalue weighted by Gasteiger charge is 2.39. The zero-order valence-electron chi connectivity index (χ0n) is 15.9. The maximum Gasteiger partial charge on any atom is 0.408 e. The maximum absolute atomic E-state index is 11.8. The van der Waals surface area contributed by atoms with Gasteiger partial charge in [-0.1, -0.05) is 0 Å². The van der Waals surface area contributed by atoms with E-state index in [2.05, 4.69) is 5.32 Å². The second-order valence-corrected chi connectivity index (χ2v) is 9.36. The molecule has 8 heteroatoms.